The fourth-order valence-corrected chi connectivity index (χ4v) is 2.17. The molecule has 0 saturated carbocycles. The number of benzene rings is 2. The number of hydrogen-bond donors (Lipinski definition) is 1. The van der Waals surface area contributed by atoms with Crippen LogP contribution < -0.4 is 15.2 Å². The van der Waals surface area contributed by atoms with Crippen LogP contribution in [0.5, 0.6) is 11.5 Å². The van der Waals surface area contributed by atoms with Crippen molar-refractivity contribution in [1.29, 1.82) is 0 Å². The first-order chi connectivity index (χ1) is 10.1. The molecule has 0 fully saturated rings. The Morgan fingerprint density at radius 2 is 1.81 bits per heavy atom. The quantitative estimate of drug-likeness (QED) is 0.801. The SMILES string of the molecule is CCC(C)c1ccc(OCc2ccc(N)cc2OC)cc1. The second-order valence-corrected chi connectivity index (χ2v) is 5.24. The van der Waals surface area contributed by atoms with Gasteiger partial charge in [0.2, 0.25) is 0 Å². The largest absolute Gasteiger partial charge is 0.496 e. The average Bonchev–Trinajstić information content (AvgIpc) is 2.53. The number of anilines is 1. The van der Waals surface area contributed by atoms with Gasteiger partial charge in [-0.2, -0.15) is 0 Å². The van der Waals surface area contributed by atoms with Gasteiger partial charge in [-0.05, 0) is 42.2 Å². The van der Waals surface area contributed by atoms with E-state index >= 15 is 0 Å². The van der Waals surface area contributed by atoms with Crippen LogP contribution in [0.2, 0.25) is 0 Å². The molecule has 2 aromatic rings. The molecule has 1 unspecified atom stereocenters. The molecule has 0 aliphatic carbocycles. The zero-order chi connectivity index (χ0) is 15.2. The van der Waals surface area contributed by atoms with E-state index in [1.807, 2.05) is 30.3 Å². The molecule has 2 rings (SSSR count). The van der Waals surface area contributed by atoms with Gasteiger partial charge in [0.15, 0.2) is 0 Å². The van der Waals surface area contributed by atoms with Crippen LogP contribution >= 0.6 is 0 Å². The maximum atomic E-state index is 5.82. The van der Waals surface area contributed by atoms with Crippen LogP contribution in [0.1, 0.15) is 37.3 Å². The molecule has 21 heavy (non-hydrogen) atoms. The van der Waals surface area contributed by atoms with E-state index in [1.54, 1.807) is 7.11 Å². The number of ether oxygens (including phenoxy) is 2. The van der Waals surface area contributed by atoms with Gasteiger partial charge in [-0.25, -0.2) is 0 Å². The van der Waals surface area contributed by atoms with Crippen LogP contribution in [0.4, 0.5) is 5.69 Å². The third-order valence-electron chi connectivity index (χ3n) is 3.77. The van der Waals surface area contributed by atoms with Crippen LogP contribution in [0, 0.1) is 0 Å². The molecule has 0 aromatic heterocycles. The molecule has 0 heterocycles. The first-order valence-electron chi connectivity index (χ1n) is 7.29. The lowest BCUT2D eigenvalue weighted by Crippen LogP contribution is -2.00. The first-order valence-corrected chi connectivity index (χ1v) is 7.29. The minimum Gasteiger partial charge on any atom is -0.496 e. The van der Waals surface area contributed by atoms with Gasteiger partial charge >= 0.3 is 0 Å². The normalized spacial score (nSPS) is 12.0. The summed E-state index contributed by atoms with van der Waals surface area (Å²) in [6, 6.07) is 13.9. The molecule has 1 atom stereocenters. The van der Waals surface area contributed by atoms with Crippen molar-refractivity contribution in [2.24, 2.45) is 0 Å². The minimum atomic E-state index is 0.464. The summed E-state index contributed by atoms with van der Waals surface area (Å²) in [6.07, 6.45) is 1.14. The molecule has 0 aliphatic rings. The Morgan fingerprint density at radius 3 is 2.43 bits per heavy atom. The zero-order valence-electron chi connectivity index (χ0n) is 12.9. The Labute approximate surface area is 126 Å². The summed E-state index contributed by atoms with van der Waals surface area (Å²) < 4.78 is 11.1. The predicted molar refractivity (Wildman–Crippen MR) is 86.9 cm³/mol. The van der Waals surface area contributed by atoms with E-state index in [0.29, 0.717) is 18.2 Å². The molecule has 0 bridgehead atoms. The highest BCUT2D eigenvalue weighted by Crippen LogP contribution is 2.25. The number of nitrogen functional groups attached to an aromatic ring is 1. The highest BCUT2D eigenvalue weighted by atomic mass is 16.5. The van der Waals surface area contributed by atoms with E-state index < -0.39 is 0 Å². The summed E-state index contributed by atoms with van der Waals surface area (Å²) in [5, 5.41) is 0. The topological polar surface area (TPSA) is 44.5 Å². The van der Waals surface area contributed by atoms with Crippen LogP contribution in [0.3, 0.4) is 0 Å². The lowest BCUT2D eigenvalue weighted by molar-refractivity contribution is 0.296. The van der Waals surface area contributed by atoms with Crippen molar-refractivity contribution in [2.45, 2.75) is 32.8 Å². The molecule has 3 heteroatoms. The van der Waals surface area contributed by atoms with E-state index in [4.69, 9.17) is 15.2 Å². The van der Waals surface area contributed by atoms with E-state index in [9.17, 15) is 0 Å². The van der Waals surface area contributed by atoms with Crippen LogP contribution in [0.15, 0.2) is 42.5 Å². The molecule has 112 valence electrons. The molecule has 0 amide bonds. The summed E-state index contributed by atoms with van der Waals surface area (Å²) in [4.78, 5) is 0. The number of methoxy groups -OCH3 is 1. The lowest BCUT2D eigenvalue weighted by Gasteiger charge is -2.12. The highest BCUT2D eigenvalue weighted by Gasteiger charge is 2.06. The number of hydrogen-bond acceptors (Lipinski definition) is 3. The minimum absolute atomic E-state index is 0.464. The van der Waals surface area contributed by atoms with Gasteiger partial charge in [0, 0.05) is 17.3 Å². The molecular formula is C18H23NO2. The van der Waals surface area contributed by atoms with Crippen molar-refractivity contribution in [3.05, 3.63) is 53.6 Å². The predicted octanol–water partition coefficient (Wildman–Crippen LogP) is 4.37. The molecule has 3 nitrogen and oxygen atoms in total. The molecule has 0 saturated heterocycles. The lowest BCUT2D eigenvalue weighted by atomic mass is 9.99. The van der Waals surface area contributed by atoms with Crippen LogP contribution in [-0.2, 0) is 6.61 Å². The van der Waals surface area contributed by atoms with Gasteiger partial charge in [0.05, 0.1) is 7.11 Å². The molecule has 2 N–H and O–H groups in total. The standard InChI is InChI=1S/C18H23NO2/c1-4-13(2)14-6-9-17(10-7-14)21-12-15-5-8-16(19)11-18(15)20-3/h5-11,13H,4,12,19H2,1-3H3. The van der Waals surface area contributed by atoms with Crippen molar-refractivity contribution in [2.75, 3.05) is 12.8 Å². The third kappa shape index (κ3) is 3.91. The second-order valence-electron chi connectivity index (χ2n) is 5.24. The molecule has 0 aliphatic heterocycles. The average molecular weight is 285 g/mol. The summed E-state index contributed by atoms with van der Waals surface area (Å²) in [7, 11) is 1.64. The van der Waals surface area contributed by atoms with Gasteiger partial charge in [-0.3, -0.25) is 0 Å². The second kappa shape index (κ2) is 7.02. The van der Waals surface area contributed by atoms with Gasteiger partial charge in [0.25, 0.3) is 0 Å². The monoisotopic (exact) mass is 285 g/mol. The fourth-order valence-electron chi connectivity index (χ4n) is 2.17. The van der Waals surface area contributed by atoms with E-state index in [0.717, 1.165) is 23.5 Å². The highest BCUT2D eigenvalue weighted by molar-refractivity contribution is 5.48. The zero-order valence-corrected chi connectivity index (χ0v) is 12.9. The van der Waals surface area contributed by atoms with Crippen molar-refractivity contribution >= 4 is 5.69 Å². The van der Waals surface area contributed by atoms with Crippen molar-refractivity contribution in [3.63, 3.8) is 0 Å². The number of nitrogens with two attached hydrogens (primary N) is 1. The summed E-state index contributed by atoms with van der Waals surface area (Å²) in [5.74, 6) is 2.20. The Hall–Kier alpha value is -2.16. The smallest absolute Gasteiger partial charge is 0.127 e. The maximum Gasteiger partial charge on any atom is 0.127 e. The van der Waals surface area contributed by atoms with Gasteiger partial charge in [-0.1, -0.05) is 26.0 Å². The first kappa shape index (κ1) is 15.2. The molecule has 0 radical (unpaired) electrons. The Bertz CT molecular complexity index is 578. The Balaban J connectivity index is 2.03. The summed E-state index contributed by atoms with van der Waals surface area (Å²) >= 11 is 0. The molecular weight excluding hydrogens is 262 g/mol. The van der Waals surface area contributed by atoms with E-state index in [-0.39, 0.29) is 0 Å². The summed E-state index contributed by atoms with van der Waals surface area (Å²) in [5.41, 5.74) is 8.76. The van der Waals surface area contributed by atoms with Crippen molar-refractivity contribution in [3.8, 4) is 11.5 Å². The van der Waals surface area contributed by atoms with Gasteiger partial charge < -0.3 is 15.2 Å². The van der Waals surface area contributed by atoms with E-state index in [1.165, 1.54) is 5.56 Å². The molecule has 2 aromatic carbocycles. The van der Waals surface area contributed by atoms with Crippen LogP contribution in [-0.4, -0.2) is 7.11 Å². The fraction of sp³-hybridized carbons (Fsp3) is 0.333. The summed E-state index contributed by atoms with van der Waals surface area (Å²) in [6.45, 7) is 4.89. The van der Waals surface area contributed by atoms with Gasteiger partial charge in [0.1, 0.15) is 18.1 Å². The number of rotatable bonds is 6. The van der Waals surface area contributed by atoms with Gasteiger partial charge in [-0.15, -0.1) is 0 Å². The van der Waals surface area contributed by atoms with Crippen LogP contribution in [0.25, 0.3) is 0 Å². The van der Waals surface area contributed by atoms with Crippen molar-refractivity contribution in [1.82, 2.24) is 0 Å². The third-order valence-corrected chi connectivity index (χ3v) is 3.77. The maximum absolute atomic E-state index is 5.82. The molecule has 0 spiro atoms. The van der Waals surface area contributed by atoms with Crippen molar-refractivity contribution < 1.29 is 9.47 Å². The Morgan fingerprint density at radius 1 is 1.10 bits per heavy atom. The Kier molecular flexibility index (Phi) is 5.09. The van der Waals surface area contributed by atoms with E-state index in [2.05, 4.69) is 26.0 Å².